The molecule has 0 bridgehead atoms. The van der Waals surface area contributed by atoms with Crippen molar-refractivity contribution in [3.8, 4) is 5.75 Å². The molecule has 0 saturated heterocycles. The number of carbonyl (C=O) groups excluding carboxylic acids is 1. The topological polar surface area (TPSA) is 226 Å². The third-order valence-corrected chi connectivity index (χ3v) is 6.99. The lowest BCUT2D eigenvalue weighted by molar-refractivity contribution is -0.160. The largest absolute Gasteiger partial charge is 0.491 e. The molecule has 0 radical (unpaired) electrons. The van der Waals surface area contributed by atoms with Gasteiger partial charge in [-0.1, -0.05) is 18.2 Å². The zero-order valence-corrected chi connectivity index (χ0v) is 39.8. The number of methoxy groups -OCH3 is 2. The molecule has 20 nitrogen and oxygen atoms in total. The van der Waals surface area contributed by atoms with E-state index >= 15 is 0 Å². The summed E-state index contributed by atoms with van der Waals surface area (Å²) in [6, 6.07) is 9.64. The number of hydrogen-bond donors (Lipinski definition) is 2. The number of hydrogen-bond acceptors (Lipinski definition) is 20. The van der Waals surface area contributed by atoms with Gasteiger partial charge in [-0.05, 0) is 32.9 Å². The van der Waals surface area contributed by atoms with Crippen LogP contribution in [0.25, 0.3) is 0 Å². The summed E-state index contributed by atoms with van der Waals surface area (Å²) in [5.74, 6) is 0.462. The number of carbonyl (C=O) groups is 1. The van der Waals surface area contributed by atoms with Crippen LogP contribution in [0, 0.1) is 0 Å². The van der Waals surface area contributed by atoms with Crippen LogP contribution in [0.5, 0.6) is 5.75 Å². The molecule has 0 aromatic heterocycles. The Hall–Kier alpha value is -2.19. The predicted octanol–water partition coefficient (Wildman–Crippen LogP) is 1.81. The second-order valence-electron chi connectivity index (χ2n) is 13.7. The second kappa shape index (κ2) is 55.1. The van der Waals surface area contributed by atoms with Crippen molar-refractivity contribution in [3.63, 3.8) is 0 Å². The molecule has 0 atom stereocenters. The summed E-state index contributed by atoms with van der Waals surface area (Å²) < 4.78 is 89.0. The van der Waals surface area contributed by atoms with Crippen LogP contribution in [-0.4, -0.2) is 230 Å². The Kier molecular flexibility index (Phi) is 55.0. The van der Waals surface area contributed by atoms with Crippen LogP contribution >= 0.6 is 0 Å². The molecule has 1 rings (SSSR count). The third-order valence-electron chi connectivity index (χ3n) is 6.99. The van der Waals surface area contributed by atoms with Gasteiger partial charge >= 0.3 is 5.97 Å². The van der Waals surface area contributed by atoms with Gasteiger partial charge < -0.3 is 92.0 Å². The van der Waals surface area contributed by atoms with Gasteiger partial charge in [0.25, 0.3) is 0 Å². The Morgan fingerprint density at radius 3 is 0.938 bits per heavy atom. The summed E-state index contributed by atoms with van der Waals surface area (Å²) in [5.41, 5.74) is 10.0. The first-order valence-corrected chi connectivity index (χ1v) is 22.1. The molecular weight excluding hydrogens is 844 g/mol. The number of rotatable bonds is 46. The minimum atomic E-state index is -0.498. The van der Waals surface area contributed by atoms with Gasteiger partial charge in [0.2, 0.25) is 0 Å². The minimum Gasteiger partial charge on any atom is -0.491 e. The Morgan fingerprint density at radius 1 is 0.391 bits per heavy atom. The first-order valence-electron chi connectivity index (χ1n) is 22.1. The van der Waals surface area contributed by atoms with E-state index in [0.29, 0.717) is 198 Å². The molecule has 64 heavy (non-hydrogen) atoms. The van der Waals surface area contributed by atoms with Crippen molar-refractivity contribution in [3.05, 3.63) is 30.3 Å². The summed E-state index contributed by atoms with van der Waals surface area (Å²) in [5, 5.41) is 0. The summed E-state index contributed by atoms with van der Waals surface area (Å²) in [4.78, 5) is 11.4. The average Bonchev–Trinajstić information content (AvgIpc) is 3.28. The van der Waals surface area contributed by atoms with Crippen LogP contribution in [0.3, 0.4) is 0 Å². The highest BCUT2D eigenvalue weighted by Gasteiger charge is 2.15. The van der Waals surface area contributed by atoms with Gasteiger partial charge in [-0.25, -0.2) is 4.79 Å². The van der Waals surface area contributed by atoms with Gasteiger partial charge in [-0.15, -0.1) is 0 Å². The molecule has 0 amide bonds. The molecular formula is C44H86N2O18. The van der Waals surface area contributed by atoms with E-state index in [1.54, 1.807) is 14.2 Å². The van der Waals surface area contributed by atoms with Crippen molar-refractivity contribution in [2.75, 3.05) is 219 Å². The molecule has 0 heterocycles. The maximum absolute atomic E-state index is 11.4. The van der Waals surface area contributed by atoms with Crippen LogP contribution in [0.2, 0.25) is 0 Å². The molecule has 0 fully saturated rings. The molecule has 0 aliphatic rings. The standard InChI is InChI=1S/C22H36O8.2C11H25NO5/c1-22(2,3)30-21(23)19-28-16-15-26-12-11-24-9-10-25-13-14-27-17-18-29-20-7-5-4-6-8-20;2*1-13-4-5-15-8-9-17-11-10-16-7-6-14-3-2-12/h4-8H,9-19H2,1-3H3;2*2-12H2,1H3. The lowest BCUT2D eigenvalue weighted by Gasteiger charge is -2.19. The van der Waals surface area contributed by atoms with Gasteiger partial charge in [0.1, 0.15) is 24.6 Å². The highest BCUT2D eigenvalue weighted by atomic mass is 16.6. The zero-order chi connectivity index (χ0) is 47.1. The highest BCUT2D eigenvalue weighted by Crippen LogP contribution is 2.08. The average molecular weight is 931 g/mol. The molecule has 1 aromatic carbocycles. The normalized spacial score (nSPS) is 11.2. The van der Waals surface area contributed by atoms with Crippen LogP contribution in [0.15, 0.2) is 30.3 Å². The van der Waals surface area contributed by atoms with Gasteiger partial charge in [-0.3, -0.25) is 0 Å². The smallest absolute Gasteiger partial charge is 0.332 e. The minimum absolute atomic E-state index is 0.0712. The van der Waals surface area contributed by atoms with Gasteiger partial charge in [0.05, 0.1) is 178 Å². The summed E-state index contributed by atoms with van der Waals surface area (Å²) in [7, 11) is 3.29. The van der Waals surface area contributed by atoms with Crippen molar-refractivity contribution in [1.29, 1.82) is 0 Å². The van der Waals surface area contributed by atoms with Crippen molar-refractivity contribution in [2.45, 2.75) is 26.4 Å². The van der Waals surface area contributed by atoms with Crippen LogP contribution in [0.1, 0.15) is 20.8 Å². The summed E-state index contributed by atoms with van der Waals surface area (Å²) >= 11 is 0. The number of esters is 1. The van der Waals surface area contributed by atoms with Crippen molar-refractivity contribution < 1.29 is 85.3 Å². The maximum atomic E-state index is 11.4. The molecule has 1 aromatic rings. The molecule has 0 aliphatic heterocycles. The first kappa shape index (κ1) is 63.9. The van der Waals surface area contributed by atoms with Gasteiger partial charge in [0, 0.05) is 27.3 Å². The predicted molar refractivity (Wildman–Crippen MR) is 240 cm³/mol. The molecule has 380 valence electrons. The van der Waals surface area contributed by atoms with Crippen LogP contribution < -0.4 is 16.2 Å². The molecule has 0 unspecified atom stereocenters. The molecule has 0 spiro atoms. The Labute approximate surface area is 383 Å². The van der Waals surface area contributed by atoms with E-state index in [0.717, 1.165) is 5.75 Å². The molecule has 20 heteroatoms. The molecule has 4 N–H and O–H groups in total. The SMILES string of the molecule is CC(C)(C)OC(=O)COCCOCCOCCOCCOCCOc1ccccc1.COCCOCCOCCOCCOCCN.COCCOCCOCCOCCOCCN. The summed E-state index contributed by atoms with van der Waals surface area (Å²) in [6.45, 7) is 21.8. The van der Waals surface area contributed by atoms with E-state index in [-0.39, 0.29) is 12.6 Å². The van der Waals surface area contributed by atoms with Crippen LogP contribution in [0.4, 0.5) is 0 Å². The summed E-state index contributed by atoms with van der Waals surface area (Å²) in [6.07, 6.45) is 0. The highest BCUT2D eigenvalue weighted by molar-refractivity contribution is 5.71. The van der Waals surface area contributed by atoms with E-state index in [4.69, 9.17) is 92.0 Å². The van der Waals surface area contributed by atoms with E-state index in [9.17, 15) is 4.79 Å². The monoisotopic (exact) mass is 931 g/mol. The lowest BCUT2D eigenvalue weighted by atomic mass is 10.2. The number of benzene rings is 1. The Balaban J connectivity index is 0. The molecule has 0 aliphatic carbocycles. The van der Waals surface area contributed by atoms with Crippen LogP contribution in [-0.2, 0) is 80.6 Å². The first-order chi connectivity index (χ1) is 31.3. The van der Waals surface area contributed by atoms with Crippen molar-refractivity contribution in [2.24, 2.45) is 11.5 Å². The number of para-hydroxylation sites is 1. The Morgan fingerprint density at radius 2 is 0.656 bits per heavy atom. The lowest BCUT2D eigenvalue weighted by Crippen LogP contribution is -2.27. The van der Waals surface area contributed by atoms with Gasteiger partial charge in [0.15, 0.2) is 0 Å². The molecule has 0 saturated carbocycles. The second-order valence-corrected chi connectivity index (χ2v) is 13.7. The zero-order valence-electron chi connectivity index (χ0n) is 39.8. The fraction of sp³-hybridized carbons (Fsp3) is 0.841. The Bertz CT molecular complexity index is 959. The fourth-order valence-electron chi connectivity index (χ4n) is 4.12. The maximum Gasteiger partial charge on any atom is 0.332 e. The van der Waals surface area contributed by atoms with E-state index in [1.165, 1.54) is 0 Å². The number of nitrogens with two attached hydrogens (primary N) is 2. The number of ether oxygens (including phenoxy) is 17. The van der Waals surface area contributed by atoms with Gasteiger partial charge in [-0.2, -0.15) is 0 Å². The van der Waals surface area contributed by atoms with Crippen molar-refractivity contribution >= 4 is 5.97 Å². The van der Waals surface area contributed by atoms with E-state index in [1.807, 2.05) is 51.1 Å². The quantitative estimate of drug-likeness (QED) is 0.0702. The van der Waals surface area contributed by atoms with E-state index in [2.05, 4.69) is 0 Å². The third kappa shape index (κ3) is 59.8. The van der Waals surface area contributed by atoms with E-state index < -0.39 is 5.60 Å². The van der Waals surface area contributed by atoms with Crippen molar-refractivity contribution in [1.82, 2.24) is 0 Å². The fourth-order valence-corrected chi connectivity index (χ4v) is 4.12.